The molecule has 1 heterocycles. The Kier molecular flexibility index (Phi) is 6.39. The van der Waals surface area contributed by atoms with Crippen LogP contribution in [0.25, 0.3) is 0 Å². The highest BCUT2D eigenvalue weighted by Gasteiger charge is 2.24. The monoisotopic (exact) mass is 348 g/mol. The molecular formula is C19H29FN4O. The molecule has 1 N–H and O–H groups in total. The maximum absolute atomic E-state index is 13.5. The minimum absolute atomic E-state index is 0.119. The van der Waals surface area contributed by atoms with E-state index in [1.807, 2.05) is 17.9 Å². The topological polar surface area (TPSA) is 47.9 Å². The molecule has 25 heavy (non-hydrogen) atoms. The minimum Gasteiger partial charge on any atom is -0.357 e. The lowest BCUT2D eigenvalue weighted by Gasteiger charge is -2.36. The van der Waals surface area contributed by atoms with E-state index in [0.29, 0.717) is 19.6 Å². The Bertz CT molecular complexity index is 622. The largest absolute Gasteiger partial charge is 0.357 e. The highest BCUT2D eigenvalue weighted by atomic mass is 19.1. The van der Waals surface area contributed by atoms with Crippen LogP contribution in [0.2, 0.25) is 0 Å². The molecular weight excluding hydrogens is 319 g/mol. The quantitative estimate of drug-likeness (QED) is 0.671. The van der Waals surface area contributed by atoms with Gasteiger partial charge in [-0.25, -0.2) is 4.39 Å². The van der Waals surface area contributed by atoms with Gasteiger partial charge in [0.05, 0.1) is 6.54 Å². The van der Waals surface area contributed by atoms with Gasteiger partial charge in [0.25, 0.3) is 0 Å². The van der Waals surface area contributed by atoms with Gasteiger partial charge in [-0.15, -0.1) is 0 Å². The van der Waals surface area contributed by atoms with E-state index in [1.54, 1.807) is 19.1 Å². The Morgan fingerprint density at radius 2 is 1.88 bits per heavy atom. The molecule has 0 unspecified atom stereocenters. The molecule has 1 aromatic carbocycles. The van der Waals surface area contributed by atoms with Gasteiger partial charge in [0, 0.05) is 45.1 Å². The lowest BCUT2D eigenvalue weighted by Crippen LogP contribution is -2.53. The number of carbonyl (C=O) groups is 1. The molecule has 0 bridgehead atoms. The van der Waals surface area contributed by atoms with Crippen LogP contribution in [0.5, 0.6) is 0 Å². The van der Waals surface area contributed by atoms with Crippen molar-refractivity contribution < 1.29 is 9.18 Å². The molecule has 2 rings (SSSR count). The fourth-order valence-corrected chi connectivity index (χ4v) is 2.93. The number of nitrogens with one attached hydrogen (secondary N) is 1. The summed E-state index contributed by atoms with van der Waals surface area (Å²) in [6.07, 6.45) is 0. The first-order valence-electron chi connectivity index (χ1n) is 8.88. The predicted molar refractivity (Wildman–Crippen MR) is 99.2 cm³/mol. The molecule has 1 saturated heterocycles. The second-order valence-electron chi connectivity index (χ2n) is 7.06. The number of amides is 1. The molecule has 6 heteroatoms. The third-order valence-electron chi connectivity index (χ3n) is 4.59. The van der Waals surface area contributed by atoms with Crippen LogP contribution in [0.15, 0.2) is 29.3 Å². The van der Waals surface area contributed by atoms with Gasteiger partial charge in [-0.05, 0) is 24.6 Å². The fraction of sp³-hybridized carbons (Fsp3) is 0.579. The molecule has 1 aromatic rings. The van der Waals surface area contributed by atoms with Crippen molar-refractivity contribution in [3.63, 3.8) is 0 Å². The van der Waals surface area contributed by atoms with Crippen molar-refractivity contribution in [2.75, 3.05) is 39.3 Å². The first-order valence-corrected chi connectivity index (χ1v) is 8.88. The first kappa shape index (κ1) is 19.2. The third-order valence-corrected chi connectivity index (χ3v) is 4.59. The zero-order chi connectivity index (χ0) is 18.4. The molecule has 0 atom stereocenters. The Morgan fingerprint density at radius 1 is 1.24 bits per heavy atom. The number of hydrogen-bond donors (Lipinski definition) is 1. The first-order chi connectivity index (χ1) is 11.8. The second-order valence-corrected chi connectivity index (χ2v) is 7.06. The number of rotatable bonds is 4. The van der Waals surface area contributed by atoms with Crippen LogP contribution in [0, 0.1) is 5.82 Å². The smallest absolute Gasteiger partial charge is 0.219 e. The highest BCUT2D eigenvalue weighted by Crippen LogP contribution is 2.24. The summed E-state index contributed by atoms with van der Waals surface area (Å²) in [5.41, 5.74) is 0.678. The van der Waals surface area contributed by atoms with Crippen LogP contribution in [0.1, 0.15) is 33.3 Å². The maximum Gasteiger partial charge on any atom is 0.219 e. The molecule has 0 saturated carbocycles. The van der Waals surface area contributed by atoms with Gasteiger partial charge >= 0.3 is 0 Å². The average molecular weight is 348 g/mol. The lowest BCUT2D eigenvalue weighted by molar-refractivity contribution is -0.130. The number of carbonyl (C=O) groups excluding carboxylic acids is 1. The number of aliphatic imine (C=N–C) groups is 1. The van der Waals surface area contributed by atoms with Crippen LogP contribution < -0.4 is 5.32 Å². The van der Waals surface area contributed by atoms with E-state index in [-0.39, 0.29) is 17.1 Å². The van der Waals surface area contributed by atoms with Gasteiger partial charge in [0.2, 0.25) is 5.91 Å². The van der Waals surface area contributed by atoms with Crippen molar-refractivity contribution in [1.29, 1.82) is 0 Å². The van der Waals surface area contributed by atoms with Crippen molar-refractivity contribution in [2.45, 2.75) is 33.1 Å². The van der Waals surface area contributed by atoms with Crippen LogP contribution in [-0.2, 0) is 10.2 Å². The molecule has 5 nitrogen and oxygen atoms in total. The van der Waals surface area contributed by atoms with Crippen LogP contribution in [-0.4, -0.2) is 60.9 Å². The lowest BCUT2D eigenvalue weighted by atomic mass is 9.85. The summed E-state index contributed by atoms with van der Waals surface area (Å²) < 4.78 is 13.5. The van der Waals surface area contributed by atoms with Crippen molar-refractivity contribution in [2.24, 2.45) is 4.99 Å². The zero-order valence-electron chi connectivity index (χ0n) is 15.7. The molecule has 0 spiro atoms. The van der Waals surface area contributed by atoms with E-state index in [0.717, 1.165) is 31.2 Å². The van der Waals surface area contributed by atoms with E-state index in [9.17, 15) is 9.18 Å². The Hall–Kier alpha value is -2.11. The highest BCUT2D eigenvalue weighted by molar-refractivity contribution is 5.80. The number of hydrogen-bond acceptors (Lipinski definition) is 2. The van der Waals surface area contributed by atoms with Gasteiger partial charge in [-0.2, -0.15) is 0 Å². The summed E-state index contributed by atoms with van der Waals surface area (Å²) in [4.78, 5) is 20.3. The van der Waals surface area contributed by atoms with E-state index >= 15 is 0 Å². The maximum atomic E-state index is 13.5. The summed E-state index contributed by atoms with van der Waals surface area (Å²) >= 11 is 0. The Labute approximate surface area is 149 Å². The normalized spacial score (nSPS) is 16.1. The zero-order valence-corrected chi connectivity index (χ0v) is 15.7. The summed E-state index contributed by atoms with van der Waals surface area (Å²) in [7, 11) is 0. The van der Waals surface area contributed by atoms with Crippen molar-refractivity contribution in [1.82, 2.24) is 15.1 Å². The second kappa shape index (κ2) is 8.32. The molecule has 138 valence electrons. The number of piperazine rings is 1. The Morgan fingerprint density at radius 3 is 2.44 bits per heavy atom. The number of nitrogens with zero attached hydrogens (tertiary/aromatic N) is 3. The molecule has 0 aromatic heterocycles. The predicted octanol–water partition coefficient (Wildman–Crippen LogP) is 2.23. The Balaban J connectivity index is 2.08. The fourth-order valence-electron chi connectivity index (χ4n) is 2.93. The summed E-state index contributed by atoms with van der Waals surface area (Å²) in [6, 6.07) is 6.72. The molecule has 0 radical (unpaired) electrons. The molecule has 1 aliphatic heterocycles. The molecule has 1 fully saturated rings. The summed E-state index contributed by atoms with van der Waals surface area (Å²) in [5, 5.41) is 3.33. The van der Waals surface area contributed by atoms with Gasteiger partial charge in [-0.1, -0.05) is 26.0 Å². The van der Waals surface area contributed by atoms with E-state index in [2.05, 4.69) is 24.1 Å². The van der Waals surface area contributed by atoms with Crippen molar-refractivity contribution >= 4 is 11.9 Å². The minimum atomic E-state index is -0.260. The van der Waals surface area contributed by atoms with E-state index in [4.69, 9.17) is 4.99 Å². The van der Waals surface area contributed by atoms with Crippen LogP contribution in [0.3, 0.4) is 0 Å². The number of guanidine groups is 1. The number of halogens is 1. The molecule has 0 aliphatic carbocycles. The van der Waals surface area contributed by atoms with Gasteiger partial charge < -0.3 is 15.1 Å². The van der Waals surface area contributed by atoms with Gasteiger partial charge in [0.1, 0.15) is 5.82 Å². The SMILES string of the molecule is CCNC(=NCC(C)(C)c1cccc(F)c1)N1CCN(C(C)=O)CC1. The van der Waals surface area contributed by atoms with Crippen molar-refractivity contribution in [3.8, 4) is 0 Å². The molecule has 1 amide bonds. The standard InChI is InChI=1S/C19H29FN4O/c1-5-21-18(24-11-9-23(10-12-24)15(2)25)22-14-19(3,4)16-7-6-8-17(20)13-16/h6-8,13H,5,9-12,14H2,1-4H3,(H,21,22). The van der Waals surface area contributed by atoms with Gasteiger partial charge in [0.15, 0.2) is 5.96 Å². The van der Waals surface area contributed by atoms with Crippen LogP contribution >= 0.6 is 0 Å². The van der Waals surface area contributed by atoms with E-state index < -0.39 is 0 Å². The average Bonchev–Trinajstić information content (AvgIpc) is 2.58. The number of benzene rings is 1. The van der Waals surface area contributed by atoms with E-state index in [1.165, 1.54) is 6.07 Å². The van der Waals surface area contributed by atoms with Crippen LogP contribution in [0.4, 0.5) is 4.39 Å². The summed E-state index contributed by atoms with van der Waals surface area (Å²) in [6.45, 7) is 12.1. The third kappa shape index (κ3) is 5.18. The van der Waals surface area contributed by atoms with Crippen molar-refractivity contribution in [3.05, 3.63) is 35.6 Å². The summed E-state index contributed by atoms with van der Waals surface area (Å²) in [5.74, 6) is 0.755. The van der Waals surface area contributed by atoms with Gasteiger partial charge in [-0.3, -0.25) is 9.79 Å². The molecule has 1 aliphatic rings.